The van der Waals surface area contributed by atoms with Gasteiger partial charge < -0.3 is 16.3 Å². The highest BCUT2D eigenvalue weighted by Crippen LogP contribution is 2.09. The van der Waals surface area contributed by atoms with Crippen LogP contribution in [-0.4, -0.2) is 37.8 Å². The minimum Gasteiger partial charge on any atom is -0.409 e. The Hall–Kier alpha value is -1.64. The zero-order chi connectivity index (χ0) is 16.1. The van der Waals surface area contributed by atoms with Gasteiger partial charge in [0.05, 0.1) is 6.26 Å². The Balaban J connectivity index is 2.69. The quantitative estimate of drug-likeness (QED) is 0.248. The topological polar surface area (TPSA) is 117 Å². The van der Waals surface area contributed by atoms with Gasteiger partial charge in [-0.25, -0.2) is 13.1 Å². The number of nitrogens with one attached hydrogen (secondary N) is 2. The lowest BCUT2D eigenvalue weighted by Gasteiger charge is -2.25. The van der Waals surface area contributed by atoms with Crippen molar-refractivity contribution >= 4 is 15.9 Å². The van der Waals surface area contributed by atoms with E-state index in [9.17, 15) is 8.42 Å². The molecular formula is C13H22N4O3S. The van der Waals surface area contributed by atoms with E-state index in [1.54, 1.807) is 26.0 Å². The Morgan fingerprint density at radius 1 is 1.38 bits per heavy atom. The Kier molecular flexibility index (Phi) is 5.70. The van der Waals surface area contributed by atoms with Crippen LogP contribution in [0.5, 0.6) is 0 Å². The van der Waals surface area contributed by atoms with E-state index in [1.165, 1.54) is 0 Å². The van der Waals surface area contributed by atoms with Crippen LogP contribution in [0, 0.1) is 0 Å². The number of nitrogens with two attached hydrogens (primary N) is 1. The second-order valence-electron chi connectivity index (χ2n) is 5.50. The Morgan fingerprint density at radius 3 is 2.57 bits per heavy atom. The van der Waals surface area contributed by atoms with Crippen molar-refractivity contribution in [2.24, 2.45) is 10.9 Å². The van der Waals surface area contributed by atoms with Gasteiger partial charge in [-0.3, -0.25) is 0 Å². The number of nitrogens with zero attached hydrogens (tertiary/aromatic N) is 1. The van der Waals surface area contributed by atoms with Crippen molar-refractivity contribution in [3.63, 3.8) is 0 Å². The maximum absolute atomic E-state index is 11.3. The van der Waals surface area contributed by atoms with E-state index in [0.717, 1.165) is 11.8 Å². The molecule has 0 aliphatic rings. The second-order valence-corrected chi connectivity index (χ2v) is 7.25. The fraction of sp³-hybridized carbons (Fsp3) is 0.462. The van der Waals surface area contributed by atoms with Crippen molar-refractivity contribution in [2.75, 3.05) is 12.8 Å². The molecule has 0 radical (unpaired) electrons. The average molecular weight is 314 g/mol. The van der Waals surface area contributed by atoms with Crippen molar-refractivity contribution in [3.05, 3.63) is 35.4 Å². The van der Waals surface area contributed by atoms with Crippen LogP contribution in [-0.2, 0) is 16.6 Å². The van der Waals surface area contributed by atoms with Gasteiger partial charge in [-0.15, -0.1) is 0 Å². The molecule has 1 rings (SSSR count). The van der Waals surface area contributed by atoms with Gasteiger partial charge in [-0.2, -0.15) is 0 Å². The predicted molar refractivity (Wildman–Crippen MR) is 82.7 cm³/mol. The van der Waals surface area contributed by atoms with Gasteiger partial charge in [0.25, 0.3) is 0 Å². The number of hydrogen-bond donors (Lipinski definition) is 4. The van der Waals surface area contributed by atoms with Crippen molar-refractivity contribution in [1.29, 1.82) is 0 Å². The average Bonchev–Trinajstić information content (AvgIpc) is 2.35. The van der Waals surface area contributed by atoms with Gasteiger partial charge >= 0.3 is 0 Å². The van der Waals surface area contributed by atoms with Gasteiger partial charge in [0, 0.05) is 24.2 Å². The second kappa shape index (κ2) is 6.88. The minimum absolute atomic E-state index is 0.0425. The van der Waals surface area contributed by atoms with Crippen LogP contribution in [0.2, 0.25) is 0 Å². The lowest BCUT2D eigenvalue weighted by Crippen LogP contribution is -2.49. The molecule has 0 heterocycles. The zero-order valence-electron chi connectivity index (χ0n) is 12.4. The molecule has 0 saturated heterocycles. The third-order valence-corrected chi connectivity index (χ3v) is 3.67. The van der Waals surface area contributed by atoms with E-state index < -0.39 is 15.6 Å². The summed E-state index contributed by atoms with van der Waals surface area (Å²) in [5.74, 6) is 0.0425. The Morgan fingerprint density at radius 2 is 2.00 bits per heavy atom. The highest BCUT2D eigenvalue weighted by molar-refractivity contribution is 7.88. The Bertz CT molecular complexity index is 612. The molecule has 0 amide bonds. The van der Waals surface area contributed by atoms with E-state index in [2.05, 4.69) is 15.2 Å². The lowest BCUT2D eigenvalue weighted by atomic mass is 10.1. The van der Waals surface area contributed by atoms with E-state index in [-0.39, 0.29) is 5.84 Å². The molecule has 1 aromatic carbocycles. The summed E-state index contributed by atoms with van der Waals surface area (Å²) >= 11 is 0. The molecule has 0 aliphatic heterocycles. The maximum atomic E-state index is 11.3. The van der Waals surface area contributed by atoms with Crippen molar-refractivity contribution < 1.29 is 13.6 Å². The molecule has 118 valence electrons. The molecule has 0 unspecified atom stereocenters. The number of sulfonamides is 1. The van der Waals surface area contributed by atoms with Crippen LogP contribution in [0.3, 0.4) is 0 Å². The first-order valence-electron chi connectivity index (χ1n) is 6.40. The van der Waals surface area contributed by atoms with Gasteiger partial charge in [-0.05, 0) is 19.4 Å². The molecule has 0 spiro atoms. The number of amidine groups is 1. The van der Waals surface area contributed by atoms with Crippen molar-refractivity contribution in [2.45, 2.75) is 25.9 Å². The molecule has 21 heavy (non-hydrogen) atoms. The molecular weight excluding hydrogens is 292 g/mol. The largest absolute Gasteiger partial charge is 0.409 e. The summed E-state index contributed by atoms with van der Waals surface area (Å²) in [6, 6.07) is 7.26. The third kappa shape index (κ3) is 6.11. The van der Waals surface area contributed by atoms with Crippen LogP contribution in [0.15, 0.2) is 29.4 Å². The fourth-order valence-electron chi connectivity index (χ4n) is 2.03. The molecule has 7 nitrogen and oxygen atoms in total. The summed E-state index contributed by atoms with van der Waals surface area (Å²) in [6.45, 7) is 4.48. The molecule has 0 atom stereocenters. The molecule has 0 aliphatic carbocycles. The molecule has 0 aromatic heterocycles. The molecule has 1 aromatic rings. The first-order chi connectivity index (χ1) is 9.64. The first-order valence-corrected chi connectivity index (χ1v) is 8.29. The van der Waals surface area contributed by atoms with Crippen LogP contribution in [0.4, 0.5) is 0 Å². The summed E-state index contributed by atoms with van der Waals surface area (Å²) in [4.78, 5) is 0. The normalized spacial score (nSPS) is 13.4. The Labute approximate surface area is 125 Å². The summed E-state index contributed by atoms with van der Waals surface area (Å²) in [5.41, 5.74) is 6.51. The molecule has 0 bridgehead atoms. The van der Waals surface area contributed by atoms with Crippen LogP contribution in [0.1, 0.15) is 25.0 Å². The summed E-state index contributed by atoms with van der Waals surface area (Å²) < 4.78 is 25.1. The summed E-state index contributed by atoms with van der Waals surface area (Å²) in [6.07, 6.45) is 1.13. The highest BCUT2D eigenvalue weighted by atomic mass is 32.2. The first kappa shape index (κ1) is 17.4. The van der Waals surface area contributed by atoms with Crippen LogP contribution >= 0.6 is 0 Å². The monoisotopic (exact) mass is 314 g/mol. The number of oxime groups is 1. The lowest BCUT2D eigenvalue weighted by molar-refractivity contribution is 0.318. The zero-order valence-corrected chi connectivity index (χ0v) is 13.2. The molecule has 5 N–H and O–H groups in total. The standard InChI is InChI=1S/C13H22N4O3S/c1-13(2,17-21(3,19)20)9-15-8-10-6-4-5-7-11(10)12(14)16-18/h4-7,15,17-18H,8-9H2,1-3H3,(H2,14,16). The van der Waals surface area contributed by atoms with Gasteiger partial charge in [-0.1, -0.05) is 29.4 Å². The highest BCUT2D eigenvalue weighted by Gasteiger charge is 2.21. The summed E-state index contributed by atoms with van der Waals surface area (Å²) in [5, 5.41) is 14.9. The van der Waals surface area contributed by atoms with E-state index in [4.69, 9.17) is 10.9 Å². The number of benzene rings is 1. The molecule has 0 saturated carbocycles. The van der Waals surface area contributed by atoms with Crippen molar-refractivity contribution in [3.8, 4) is 0 Å². The van der Waals surface area contributed by atoms with Crippen LogP contribution in [0.25, 0.3) is 0 Å². The molecule has 0 fully saturated rings. The van der Waals surface area contributed by atoms with E-state index >= 15 is 0 Å². The van der Waals surface area contributed by atoms with E-state index in [1.807, 2.05) is 12.1 Å². The van der Waals surface area contributed by atoms with Gasteiger partial charge in [0.1, 0.15) is 0 Å². The SMILES string of the molecule is CC(C)(CNCc1ccccc1C(N)=NO)NS(C)(=O)=O. The third-order valence-electron chi connectivity index (χ3n) is 2.75. The van der Waals surface area contributed by atoms with Crippen LogP contribution < -0.4 is 15.8 Å². The van der Waals surface area contributed by atoms with E-state index in [0.29, 0.717) is 18.7 Å². The fourth-order valence-corrected chi connectivity index (χ4v) is 3.10. The molecule has 8 heteroatoms. The number of rotatable bonds is 7. The number of hydrogen-bond acceptors (Lipinski definition) is 5. The maximum Gasteiger partial charge on any atom is 0.209 e. The van der Waals surface area contributed by atoms with Gasteiger partial charge in [0.15, 0.2) is 5.84 Å². The smallest absolute Gasteiger partial charge is 0.209 e. The van der Waals surface area contributed by atoms with Gasteiger partial charge in [0.2, 0.25) is 10.0 Å². The summed E-state index contributed by atoms with van der Waals surface area (Å²) in [7, 11) is -3.26. The predicted octanol–water partition coefficient (Wildman–Crippen LogP) is 0.199. The van der Waals surface area contributed by atoms with Crippen molar-refractivity contribution in [1.82, 2.24) is 10.0 Å². The minimum atomic E-state index is -3.26.